The molecule has 2 aromatic carbocycles. The predicted molar refractivity (Wildman–Crippen MR) is 122 cm³/mol. The molecule has 3 aromatic rings. The summed E-state index contributed by atoms with van der Waals surface area (Å²) in [6.07, 6.45) is -4.93. The van der Waals surface area contributed by atoms with Crippen LogP contribution in [0.25, 0.3) is 0 Å². The first kappa shape index (κ1) is 24.9. The van der Waals surface area contributed by atoms with E-state index in [1.165, 1.54) is 0 Å². The summed E-state index contributed by atoms with van der Waals surface area (Å²) in [6, 6.07) is 8.66. The van der Waals surface area contributed by atoms with E-state index in [0.29, 0.717) is 11.0 Å². The molecule has 6 nitrogen and oxygen atoms in total. The highest BCUT2D eigenvalue weighted by atomic mass is 35.5. The van der Waals surface area contributed by atoms with Gasteiger partial charge < -0.3 is 14.6 Å². The smallest absolute Gasteiger partial charge is 0.416 e. The molecule has 3 rings (SSSR count). The first-order valence-corrected chi connectivity index (χ1v) is 11.2. The van der Waals surface area contributed by atoms with Gasteiger partial charge in [0.25, 0.3) is 0 Å². The fraction of sp³-hybridized carbons (Fsp3) is 0.318. The fourth-order valence-electron chi connectivity index (χ4n) is 3.18. The van der Waals surface area contributed by atoms with Gasteiger partial charge in [0.2, 0.25) is 5.91 Å². The number of hydrogen-bond donors (Lipinski definition) is 1. The molecule has 1 atom stereocenters. The second-order valence-electron chi connectivity index (χ2n) is 7.51. The molecule has 33 heavy (non-hydrogen) atoms. The number of ether oxygens (including phenoxy) is 1. The van der Waals surface area contributed by atoms with Crippen LogP contribution in [-0.2, 0) is 18.0 Å². The van der Waals surface area contributed by atoms with Crippen molar-refractivity contribution in [2.24, 2.45) is 7.05 Å². The minimum absolute atomic E-state index is 0.0136. The fourth-order valence-corrected chi connectivity index (χ4v) is 4.06. The summed E-state index contributed by atoms with van der Waals surface area (Å²) < 4.78 is 46.4. The molecule has 0 aliphatic carbocycles. The van der Waals surface area contributed by atoms with Crippen molar-refractivity contribution in [3.63, 3.8) is 0 Å². The van der Waals surface area contributed by atoms with Gasteiger partial charge in [-0.15, -0.1) is 10.2 Å². The summed E-state index contributed by atoms with van der Waals surface area (Å²) in [7, 11) is 1.75. The van der Waals surface area contributed by atoms with Crippen molar-refractivity contribution < 1.29 is 22.7 Å². The van der Waals surface area contributed by atoms with Crippen molar-refractivity contribution in [3.8, 4) is 5.75 Å². The van der Waals surface area contributed by atoms with E-state index >= 15 is 0 Å². The van der Waals surface area contributed by atoms with Gasteiger partial charge in [-0.3, -0.25) is 4.79 Å². The molecule has 1 amide bonds. The number of anilines is 1. The highest BCUT2D eigenvalue weighted by Crippen LogP contribution is 2.34. The van der Waals surface area contributed by atoms with Crippen molar-refractivity contribution in [2.45, 2.75) is 38.2 Å². The lowest BCUT2D eigenvalue weighted by Gasteiger charge is -2.15. The normalized spacial score (nSPS) is 12.5. The van der Waals surface area contributed by atoms with Gasteiger partial charge in [-0.1, -0.05) is 29.4 Å². The minimum atomic E-state index is -4.54. The molecule has 0 bridgehead atoms. The Labute approximate surface area is 198 Å². The van der Waals surface area contributed by atoms with Crippen molar-refractivity contribution >= 4 is 35.0 Å². The highest BCUT2D eigenvalue weighted by Gasteiger charge is 2.31. The van der Waals surface area contributed by atoms with E-state index in [2.05, 4.69) is 15.5 Å². The summed E-state index contributed by atoms with van der Waals surface area (Å²) in [6.45, 7) is 5.82. The number of rotatable bonds is 7. The Balaban J connectivity index is 1.63. The Morgan fingerprint density at radius 1 is 1.18 bits per heavy atom. The molecule has 1 N–H and O–H groups in total. The number of aromatic nitrogens is 3. The zero-order valence-corrected chi connectivity index (χ0v) is 19.9. The number of nitrogens with one attached hydrogen (secondary N) is 1. The van der Waals surface area contributed by atoms with E-state index in [-0.39, 0.29) is 16.5 Å². The van der Waals surface area contributed by atoms with Crippen molar-refractivity contribution in [1.29, 1.82) is 0 Å². The maximum atomic E-state index is 12.9. The number of aryl methyl sites for hydroxylation is 2. The van der Waals surface area contributed by atoms with Crippen LogP contribution < -0.4 is 10.1 Å². The zero-order valence-electron chi connectivity index (χ0n) is 18.3. The third-order valence-electron chi connectivity index (χ3n) is 4.64. The minimum Gasteiger partial charge on any atom is -0.483 e. The molecule has 0 spiro atoms. The quantitative estimate of drug-likeness (QED) is 0.406. The van der Waals surface area contributed by atoms with Crippen LogP contribution in [0.15, 0.2) is 41.6 Å². The molecule has 0 saturated carbocycles. The number of carbonyl (C=O) groups is 1. The molecular weight excluding hydrogens is 477 g/mol. The van der Waals surface area contributed by atoms with Gasteiger partial charge in [0.05, 0.1) is 22.0 Å². The molecule has 1 unspecified atom stereocenters. The molecule has 1 aromatic heterocycles. The maximum absolute atomic E-state index is 12.9. The topological polar surface area (TPSA) is 69.0 Å². The van der Waals surface area contributed by atoms with Gasteiger partial charge in [-0.25, -0.2) is 0 Å². The van der Waals surface area contributed by atoms with Gasteiger partial charge in [0.15, 0.2) is 17.1 Å². The average Bonchev–Trinajstić information content (AvgIpc) is 3.07. The van der Waals surface area contributed by atoms with Crippen molar-refractivity contribution in [1.82, 2.24) is 14.8 Å². The second kappa shape index (κ2) is 10.0. The molecule has 1 heterocycles. The Hall–Kier alpha value is -2.72. The van der Waals surface area contributed by atoms with Gasteiger partial charge in [0.1, 0.15) is 5.75 Å². The Kier molecular flexibility index (Phi) is 7.58. The number of alkyl halides is 3. The van der Waals surface area contributed by atoms with Gasteiger partial charge in [0, 0.05) is 7.05 Å². The molecular formula is C22H22ClF3N4O2S. The average molecular weight is 499 g/mol. The van der Waals surface area contributed by atoms with Crippen molar-refractivity contribution in [2.75, 3.05) is 11.1 Å². The SMILES string of the molecule is Cc1cc(C)cc(OC(C)c2nnc(SCC(=O)Nc3cc(C(F)(F)F)ccc3Cl)n2C)c1. The predicted octanol–water partition coefficient (Wildman–Crippen LogP) is 5.97. The van der Waals surface area contributed by atoms with Crippen LogP contribution >= 0.6 is 23.4 Å². The van der Waals surface area contributed by atoms with Gasteiger partial charge in [-0.05, 0) is 62.2 Å². The maximum Gasteiger partial charge on any atom is 0.416 e. The number of amides is 1. The van der Waals surface area contributed by atoms with Crippen LogP contribution in [-0.4, -0.2) is 26.4 Å². The number of nitrogens with zero attached hydrogens (tertiary/aromatic N) is 3. The molecule has 0 radical (unpaired) electrons. The van der Waals surface area contributed by atoms with E-state index in [0.717, 1.165) is 46.8 Å². The summed E-state index contributed by atoms with van der Waals surface area (Å²) in [4.78, 5) is 12.3. The molecule has 0 fully saturated rings. The van der Waals surface area contributed by atoms with E-state index in [4.69, 9.17) is 16.3 Å². The van der Waals surface area contributed by atoms with Crippen LogP contribution in [0.1, 0.15) is 35.5 Å². The third kappa shape index (κ3) is 6.42. The number of halogens is 4. The lowest BCUT2D eigenvalue weighted by molar-refractivity contribution is -0.137. The van der Waals surface area contributed by atoms with Gasteiger partial charge in [-0.2, -0.15) is 13.2 Å². The zero-order chi connectivity index (χ0) is 24.3. The highest BCUT2D eigenvalue weighted by molar-refractivity contribution is 7.99. The Bertz CT molecular complexity index is 1150. The monoisotopic (exact) mass is 498 g/mol. The number of hydrogen-bond acceptors (Lipinski definition) is 5. The van der Waals surface area contributed by atoms with Gasteiger partial charge >= 0.3 is 6.18 Å². The summed E-state index contributed by atoms with van der Waals surface area (Å²) in [5.41, 5.74) is 1.16. The van der Waals surface area contributed by atoms with Crippen LogP contribution in [0.5, 0.6) is 5.75 Å². The molecule has 11 heteroatoms. The number of carbonyl (C=O) groups excluding carboxylic acids is 1. The Morgan fingerprint density at radius 2 is 1.85 bits per heavy atom. The van der Waals surface area contributed by atoms with Crippen LogP contribution in [0, 0.1) is 13.8 Å². The first-order chi connectivity index (χ1) is 15.4. The molecule has 0 aliphatic heterocycles. The first-order valence-electron chi connectivity index (χ1n) is 9.87. The Morgan fingerprint density at radius 3 is 2.48 bits per heavy atom. The van der Waals surface area contributed by atoms with Crippen LogP contribution in [0.3, 0.4) is 0 Å². The third-order valence-corrected chi connectivity index (χ3v) is 5.99. The van der Waals surface area contributed by atoms with E-state index in [1.807, 2.05) is 39.0 Å². The largest absolute Gasteiger partial charge is 0.483 e. The molecule has 0 aliphatic rings. The molecule has 0 saturated heterocycles. The second-order valence-corrected chi connectivity index (χ2v) is 8.86. The standard InChI is InChI=1S/C22H22ClF3N4O2S/c1-12-7-13(2)9-16(8-12)32-14(3)20-28-29-21(30(20)4)33-11-19(31)27-18-10-15(22(24,25)26)5-6-17(18)23/h5-10,14H,11H2,1-4H3,(H,27,31). The van der Waals surface area contributed by atoms with E-state index in [9.17, 15) is 18.0 Å². The molecule has 176 valence electrons. The van der Waals surface area contributed by atoms with Crippen LogP contribution in [0.2, 0.25) is 5.02 Å². The van der Waals surface area contributed by atoms with Crippen molar-refractivity contribution in [3.05, 3.63) is 63.9 Å². The lowest BCUT2D eigenvalue weighted by Crippen LogP contribution is -2.16. The summed E-state index contributed by atoms with van der Waals surface area (Å²) in [5.74, 6) is 0.669. The number of thioether (sulfide) groups is 1. The summed E-state index contributed by atoms with van der Waals surface area (Å²) >= 11 is 7.02. The van der Waals surface area contributed by atoms with E-state index in [1.54, 1.807) is 11.6 Å². The van der Waals surface area contributed by atoms with Crippen LogP contribution in [0.4, 0.5) is 18.9 Å². The van der Waals surface area contributed by atoms with E-state index < -0.39 is 23.8 Å². The number of benzene rings is 2. The lowest BCUT2D eigenvalue weighted by atomic mass is 10.1. The summed E-state index contributed by atoms with van der Waals surface area (Å²) in [5, 5.41) is 11.1.